The Hall–Kier alpha value is -1.06. The number of fused-ring (bicyclic) bond motifs is 1. The molecule has 3 heteroatoms. The Morgan fingerprint density at radius 2 is 2.12 bits per heavy atom. The second-order valence-electron chi connectivity index (χ2n) is 5.31. The third-order valence-corrected chi connectivity index (χ3v) is 3.95. The number of aliphatic hydroxyl groups excluding tert-OH is 1. The van der Waals surface area contributed by atoms with Gasteiger partial charge in [-0.05, 0) is 19.1 Å². The summed E-state index contributed by atoms with van der Waals surface area (Å²) < 4.78 is 11.4. The summed E-state index contributed by atoms with van der Waals surface area (Å²) in [5.41, 5.74) is 1.89. The first-order valence-corrected chi connectivity index (χ1v) is 6.12. The molecule has 0 bridgehead atoms. The molecule has 1 saturated carbocycles. The molecule has 0 saturated heterocycles. The molecular weight excluding hydrogens is 216 g/mol. The topological polar surface area (TPSA) is 38.7 Å². The lowest BCUT2D eigenvalue weighted by molar-refractivity contribution is -0.139. The van der Waals surface area contributed by atoms with Gasteiger partial charge < -0.3 is 14.6 Å². The number of ether oxygens (including phenoxy) is 2. The highest BCUT2D eigenvalue weighted by molar-refractivity contribution is 5.41. The van der Waals surface area contributed by atoms with E-state index in [1.165, 1.54) is 0 Å². The van der Waals surface area contributed by atoms with E-state index < -0.39 is 6.10 Å². The quantitative estimate of drug-likeness (QED) is 0.810. The van der Waals surface area contributed by atoms with Gasteiger partial charge in [-0.15, -0.1) is 0 Å². The minimum Gasteiger partial charge on any atom is -0.487 e. The Morgan fingerprint density at radius 1 is 1.35 bits per heavy atom. The minimum absolute atomic E-state index is 0.192. The maximum atomic E-state index is 10.2. The van der Waals surface area contributed by atoms with Gasteiger partial charge in [0.05, 0.1) is 12.2 Å². The highest BCUT2D eigenvalue weighted by Crippen LogP contribution is 2.49. The summed E-state index contributed by atoms with van der Waals surface area (Å²) in [7, 11) is 1.73. The molecule has 1 heterocycles. The molecule has 1 spiro atoms. The van der Waals surface area contributed by atoms with Crippen molar-refractivity contribution < 1.29 is 14.6 Å². The van der Waals surface area contributed by atoms with E-state index in [4.69, 9.17) is 9.47 Å². The second-order valence-corrected chi connectivity index (χ2v) is 5.31. The van der Waals surface area contributed by atoms with Crippen LogP contribution >= 0.6 is 0 Å². The van der Waals surface area contributed by atoms with Crippen LogP contribution in [0.25, 0.3) is 0 Å². The zero-order valence-electron chi connectivity index (χ0n) is 10.3. The lowest BCUT2D eigenvalue weighted by atomic mass is 9.71. The Morgan fingerprint density at radius 3 is 2.82 bits per heavy atom. The van der Waals surface area contributed by atoms with Crippen LogP contribution < -0.4 is 4.74 Å². The van der Waals surface area contributed by atoms with E-state index in [9.17, 15) is 5.11 Å². The smallest absolute Gasteiger partial charge is 0.125 e. The van der Waals surface area contributed by atoms with Gasteiger partial charge in [-0.3, -0.25) is 0 Å². The van der Waals surface area contributed by atoms with Crippen LogP contribution in [-0.4, -0.2) is 23.9 Å². The molecule has 0 radical (unpaired) electrons. The van der Waals surface area contributed by atoms with Gasteiger partial charge in [0.1, 0.15) is 11.4 Å². The average molecular weight is 234 g/mol. The number of benzene rings is 1. The molecule has 3 nitrogen and oxygen atoms in total. The molecule has 1 unspecified atom stereocenters. The molecule has 3 rings (SSSR count). The van der Waals surface area contributed by atoms with Crippen molar-refractivity contribution in [3.8, 4) is 5.75 Å². The Balaban J connectivity index is 1.87. The summed E-state index contributed by atoms with van der Waals surface area (Å²) in [4.78, 5) is 0. The molecule has 1 fully saturated rings. The van der Waals surface area contributed by atoms with Gasteiger partial charge in [-0.2, -0.15) is 0 Å². The van der Waals surface area contributed by atoms with Crippen LogP contribution in [0.5, 0.6) is 5.75 Å². The Bertz CT molecular complexity index is 435. The van der Waals surface area contributed by atoms with Crippen molar-refractivity contribution in [3.63, 3.8) is 0 Å². The largest absolute Gasteiger partial charge is 0.487 e. The summed E-state index contributed by atoms with van der Waals surface area (Å²) in [6, 6.07) is 6.01. The van der Waals surface area contributed by atoms with E-state index in [1.807, 2.05) is 25.1 Å². The van der Waals surface area contributed by atoms with Gasteiger partial charge in [0.2, 0.25) is 0 Å². The molecule has 2 aliphatic rings. The van der Waals surface area contributed by atoms with Gasteiger partial charge in [0.15, 0.2) is 0 Å². The SMILES string of the molecule is COC1CC2(C1)CC(O)c1cc(C)ccc1O2. The third-order valence-electron chi connectivity index (χ3n) is 3.95. The lowest BCUT2D eigenvalue weighted by Crippen LogP contribution is -2.54. The van der Waals surface area contributed by atoms with Crippen LogP contribution in [0, 0.1) is 6.92 Å². The zero-order chi connectivity index (χ0) is 12.0. The summed E-state index contributed by atoms with van der Waals surface area (Å²) in [5.74, 6) is 0.837. The molecule has 1 N–H and O–H groups in total. The first-order chi connectivity index (χ1) is 8.12. The van der Waals surface area contributed by atoms with Crippen molar-refractivity contribution in [1.29, 1.82) is 0 Å². The van der Waals surface area contributed by atoms with Crippen molar-refractivity contribution in [3.05, 3.63) is 29.3 Å². The van der Waals surface area contributed by atoms with Crippen molar-refractivity contribution in [2.45, 2.75) is 44.0 Å². The molecule has 1 aliphatic heterocycles. The predicted molar refractivity (Wildman–Crippen MR) is 64.1 cm³/mol. The maximum absolute atomic E-state index is 10.2. The summed E-state index contributed by atoms with van der Waals surface area (Å²) in [6.07, 6.45) is 2.33. The number of hydrogen-bond donors (Lipinski definition) is 1. The number of rotatable bonds is 1. The first-order valence-electron chi connectivity index (χ1n) is 6.12. The first kappa shape index (κ1) is 11.1. The molecule has 1 aliphatic carbocycles. The summed E-state index contributed by atoms with van der Waals surface area (Å²) >= 11 is 0. The Labute approximate surface area is 101 Å². The van der Waals surface area contributed by atoms with Crippen LogP contribution in [0.15, 0.2) is 18.2 Å². The monoisotopic (exact) mass is 234 g/mol. The zero-order valence-corrected chi connectivity index (χ0v) is 10.3. The van der Waals surface area contributed by atoms with Crippen molar-refractivity contribution in [2.24, 2.45) is 0 Å². The molecule has 0 amide bonds. The fraction of sp³-hybridized carbons (Fsp3) is 0.571. The van der Waals surface area contributed by atoms with Gasteiger partial charge in [-0.25, -0.2) is 0 Å². The van der Waals surface area contributed by atoms with Crippen LogP contribution in [0.1, 0.15) is 36.5 Å². The fourth-order valence-electron chi connectivity index (χ4n) is 2.95. The second kappa shape index (κ2) is 3.72. The van der Waals surface area contributed by atoms with E-state index in [0.717, 1.165) is 29.7 Å². The van der Waals surface area contributed by atoms with E-state index in [1.54, 1.807) is 7.11 Å². The predicted octanol–water partition coefficient (Wildman–Crippen LogP) is 2.36. The van der Waals surface area contributed by atoms with Crippen LogP contribution in [-0.2, 0) is 4.74 Å². The number of aryl methyl sites for hydroxylation is 1. The number of methoxy groups -OCH3 is 1. The third kappa shape index (κ3) is 1.74. The van der Waals surface area contributed by atoms with E-state index in [-0.39, 0.29) is 11.7 Å². The van der Waals surface area contributed by atoms with E-state index in [2.05, 4.69) is 0 Å². The van der Waals surface area contributed by atoms with Gasteiger partial charge in [0, 0.05) is 31.9 Å². The standard InChI is InChI=1S/C14H18O3/c1-9-3-4-13-11(5-9)12(15)8-14(17-13)6-10(7-14)16-2/h3-5,10,12,15H,6-8H2,1-2H3. The lowest BCUT2D eigenvalue weighted by Gasteiger charge is -2.50. The van der Waals surface area contributed by atoms with Crippen molar-refractivity contribution >= 4 is 0 Å². The molecule has 1 atom stereocenters. The summed E-state index contributed by atoms with van der Waals surface area (Å²) in [6.45, 7) is 2.03. The number of aliphatic hydroxyl groups is 1. The van der Waals surface area contributed by atoms with Crippen LogP contribution in [0.3, 0.4) is 0 Å². The molecule has 1 aromatic rings. The van der Waals surface area contributed by atoms with Crippen LogP contribution in [0.4, 0.5) is 0 Å². The van der Waals surface area contributed by atoms with Crippen molar-refractivity contribution in [1.82, 2.24) is 0 Å². The van der Waals surface area contributed by atoms with Gasteiger partial charge in [-0.1, -0.05) is 11.6 Å². The summed E-state index contributed by atoms with van der Waals surface area (Å²) in [5, 5.41) is 10.2. The highest BCUT2D eigenvalue weighted by Gasteiger charge is 2.50. The highest BCUT2D eigenvalue weighted by atomic mass is 16.5. The molecule has 1 aromatic carbocycles. The van der Waals surface area contributed by atoms with E-state index in [0.29, 0.717) is 6.42 Å². The fourth-order valence-corrected chi connectivity index (χ4v) is 2.95. The normalized spacial score (nSPS) is 35.0. The molecule has 92 valence electrons. The van der Waals surface area contributed by atoms with Crippen molar-refractivity contribution in [2.75, 3.05) is 7.11 Å². The molecule has 0 aromatic heterocycles. The van der Waals surface area contributed by atoms with Gasteiger partial charge in [0.25, 0.3) is 0 Å². The Kier molecular flexibility index (Phi) is 2.42. The number of hydrogen-bond acceptors (Lipinski definition) is 3. The van der Waals surface area contributed by atoms with Gasteiger partial charge >= 0.3 is 0 Å². The molecular formula is C14H18O3. The molecule has 17 heavy (non-hydrogen) atoms. The van der Waals surface area contributed by atoms with Crippen LogP contribution in [0.2, 0.25) is 0 Å². The maximum Gasteiger partial charge on any atom is 0.125 e. The minimum atomic E-state index is -0.406. The van der Waals surface area contributed by atoms with E-state index >= 15 is 0 Å². The average Bonchev–Trinajstić information content (AvgIpc) is 2.26.